The number of hydrogen-bond donors (Lipinski definition) is 1. The Bertz CT molecular complexity index is 1030. The lowest BCUT2D eigenvalue weighted by Crippen LogP contribution is -2.34. The SMILES string of the molecule is O=C(O)CCCN1C(=O)/C(=C/c2ccc(N3CCC(Cc4ccccc4)CC3)cc2)SC1=S. The second-order valence-corrected chi connectivity index (χ2v) is 10.2. The monoisotopic (exact) mass is 480 g/mol. The predicted molar refractivity (Wildman–Crippen MR) is 138 cm³/mol. The van der Waals surface area contributed by atoms with Gasteiger partial charge in [-0.25, -0.2) is 0 Å². The molecule has 0 aromatic heterocycles. The number of thiocarbonyl (C=S) groups is 1. The summed E-state index contributed by atoms with van der Waals surface area (Å²) in [6, 6.07) is 19.1. The van der Waals surface area contributed by atoms with Gasteiger partial charge in [-0.05, 0) is 60.9 Å². The summed E-state index contributed by atoms with van der Waals surface area (Å²) in [5, 5.41) is 8.80. The molecule has 7 heteroatoms. The molecule has 0 bridgehead atoms. The smallest absolute Gasteiger partial charge is 0.303 e. The van der Waals surface area contributed by atoms with Gasteiger partial charge in [0, 0.05) is 31.7 Å². The van der Waals surface area contributed by atoms with Crippen LogP contribution < -0.4 is 4.90 Å². The van der Waals surface area contributed by atoms with Crippen LogP contribution in [-0.2, 0) is 16.0 Å². The molecular formula is C26H28N2O3S2. The summed E-state index contributed by atoms with van der Waals surface area (Å²) in [4.78, 5) is 27.9. The Morgan fingerprint density at radius 2 is 1.79 bits per heavy atom. The van der Waals surface area contributed by atoms with Crippen LogP contribution in [0.25, 0.3) is 6.08 Å². The summed E-state index contributed by atoms with van der Waals surface area (Å²) in [5.41, 5.74) is 3.60. The number of rotatable bonds is 8. The average Bonchev–Trinajstić information content (AvgIpc) is 3.08. The molecule has 0 unspecified atom stereocenters. The summed E-state index contributed by atoms with van der Waals surface area (Å²) < 4.78 is 0.492. The molecule has 1 N–H and O–H groups in total. The van der Waals surface area contributed by atoms with Crippen LogP contribution in [0.2, 0.25) is 0 Å². The number of carbonyl (C=O) groups excluding carboxylic acids is 1. The maximum Gasteiger partial charge on any atom is 0.303 e. The van der Waals surface area contributed by atoms with Crippen molar-refractivity contribution in [1.82, 2.24) is 4.90 Å². The van der Waals surface area contributed by atoms with Crippen molar-refractivity contribution in [3.8, 4) is 0 Å². The molecule has 4 rings (SSSR count). The van der Waals surface area contributed by atoms with Gasteiger partial charge in [0.05, 0.1) is 4.91 Å². The lowest BCUT2D eigenvalue weighted by Gasteiger charge is -2.33. The van der Waals surface area contributed by atoms with Gasteiger partial charge in [-0.3, -0.25) is 14.5 Å². The van der Waals surface area contributed by atoms with Crippen LogP contribution in [0.5, 0.6) is 0 Å². The summed E-state index contributed by atoms with van der Waals surface area (Å²) in [7, 11) is 0. The van der Waals surface area contributed by atoms with Gasteiger partial charge in [-0.2, -0.15) is 0 Å². The van der Waals surface area contributed by atoms with Gasteiger partial charge in [-0.15, -0.1) is 0 Å². The largest absolute Gasteiger partial charge is 0.481 e. The minimum atomic E-state index is -0.864. The zero-order chi connectivity index (χ0) is 23.2. The van der Waals surface area contributed by atoms with Gasteiger partial charge in [-0.1, -0.05) is 66.4 Å². The number of piperidine rings is 1. The molecule has 2 fully saturated rings. The van der Waals surface area contributed by atoms with Gasteiger partial charge in [0.1, 0.15) is 4.32 Å². The third-order valence-corrected chi connectivity index (χ3v) is 7.56. The van der Waals surface area contributed by atoms with Crippen LogP contribution >= 0.6 is 24.0 Å². The molecule has 2 heterocycles. The van der Waals surface area contributed by atoms with Crippen LogP contribution in [-0.4, -0.2) is 45.8 Å². The van der Waals surface area contributed by atoms with E-state index in [1.54, 1.807) is 0 Å². The number of amides is 1. The summed E-state index contributed by atoms with van der Waals surface area (Å²) in [5.74, 6) is -0.267. The minimum absolute atomic E-state index is 0.0288. The fraction of sp³-hybridized carbons (Fsp3) is 0.346. The van der Waals surface area contributed by atoms with Gasteiger partial charge in [0.25, 0.3) is 5.91 Å². The van der Waals surface area contributed by atoms with Crippen molar-refractivity contribution in [3.05, 3.63) is 70.6 Å². The highest BCUT2D eigenvalue weighted by molar-refractivity contribution is 8.26. The zero-order valence-electron chi connectivity index (χ0n) is 18.5. The Kier molecular flexibility index (Phi) is 7.83. The quantitative estimate of drug-likeness (QED) is 0.413. The van der Waals surface area contributed by atoms with E-state index in [9.17, 15) is 9.59 Å². The Labute approximate surface area is 204 Å². The van der Waals surface area contributed by atoms with Crippen LogP contribution in [0.1, 0.15) is 36.8 Å². The van der Waals surface area contributed by atoms with E-state index in [4.69, 9.17) is 17.3 Å². The number of benzene rings is 2. The molecule has 2 saturated heterocycles. The second kappa shape index (κ2) is 11.0. The number of hydrogen-bond acceptors (Lipinski definition) is 5. The Hall–Kier alpha value is -2.64. The van der Waals surface area contributed by atoms with Gasteiger partial charge in [0.2, 0.25) is 0 Å². The number of anilines is 1. The van der Waals surface area contributed by atoms with Crippen molar-refractivity contribution < 1.29 is 14.7 Å². The molecule has 2 aromatic rings. The number of carboxylic acids is 1. The summed E-state index contributed by atoms with van der Waals surface area (Å²) in [6.45, 7) is 2.46. The molecular weight excluding hydrogens is 452 g/mol. The van der Waals surface area contributed by atoms with E-state index in [1.807, 2.05) is 18.2 Å². The molecule has 2 aliphatic heterocycles. The molecule has 5 nitrogen and oxygen atoms in total. The molecule has 0 radical (unpaired) electrons. The van der Waals surface area contributed by atoms with E-state index in [1.165, 1.54) is 40.8 Å². The molecule has 2 aliphatic rings. The van der Waals surface area contributed by atoms with Crippen molar-refractivity contribution in [2.24, 2.45) is 5.92 Å². The van der Waals surface area contributed by atoms with Crippen molar-refractivity contribution in [2.75, 3.05) is 24.5 Å². The Morgan fingerprint density at radius 1 is 1.09 bits per heavy atom. The first kappa shape index (κ1) is 23.5. The minimum Gasteiger partial charge on any atom is -0.481 e. The summed E-state index contributed by atoms with van der Waals surface area (Å²) >= 11 is 6.60. The Balaban J connectivity index is 1.31. The first-order valence-corrected chi connectivity index (χ1v) is 12.6. The van der Waals surface area contributed by atoms with E-state index in [0.29, 0.717) is 22.2 Å². The van der Waals surface area contributed by atoms with Crippen molar-refractivity contribution in [1.29, 1.82) is 0 Å². The van der Waals surface area contributed by atoms with E-state index >= 15 is 0 Å². The van der Waals surface area contributed by atoms with Crippen molar-refractivity contribution in [2.45, 2.75) is 32.1 Å². The standard InChI is InChI=1S/C26H28N2O3S2/c29-24(30)7-4-14-28-25(31)23(33-26(28)32)18-20-8-10-22(11-9-20)27-15-12-21(13-16-27)17-19-5-2-1-3-6-19/h1-3,5-6,8-11,18,21H,4,7,12-17H2,(H,29,30)/b23-18-. The highest BCUT2D eigenvalue weighted by Crippen LogP contribution is 2.33. The third-order valence-electron chi connectivity index (χ3n) is 6.18. The van der Waals surface area contributed by atoms with E-state index < -0.39 is 5.97 Å². The predicted octanol–water partition coefficient (Wildman–Crippen LogP) is 5.21. The molecule has 0 saturated carbocycles. The first-order valence-electron chi connectivity index (χ1n) is 11.4. The van der Waals surface area contributed by atoms with Crippen molar-refractivity contribution in [3.63, 3.8) is 0 Å². The van der Waals surface area contributed by atoms with Crippen LogP contribution in [0.15, 0.2) is 59.5 Å². The topological polar surface area (TPSA) is 60.9 Å². The highest BCUT2D eigenvalue weighted by Gasteiger charge is 2.31. The first-order chi connectivity index (χ1) is 16.0. The third kappa shape index (κ3) is 6.24. The number of carbonyl (C=O) groups is 2. The maximum absolute atomic E-state index is 12.7. The average molecular weight is 481 g/mol. The van der Waals surface area contributed by atoms with E-state index in [2.05, 4.69) is 47.4 Å². The molecule has 172 valence electrons. The second-order valence-electron chi connectivity index (χ2n) is 8.54. The molecule has 0 atom stereocenters. The van der Waals surface area contributed by atoms with Gasteiger partial charge < -0.3 is 10.0 Å². The lowest BCUT2D eigenvalue weighted by molar-refractivity contribution is -0.137. The molecule has 2 aromatic carbocycles. The molecule has 33 heavy (non-hydrogen) atoms. The van der Waals surface area contributed by atoms with Crippen LogP contribution in [0.3, 0.4) is 0 Å². The van der Waals surface area contributed by atoms with Crippen LogP contribution in [0, 0.1) is 5.92 Å². The highest BCUT2D eigenvalue weighted by atomic mass is 32.2. The molecule has 1 amide bonds. The van der Waals surface area contributed by atoms with Gasteiger partial charge >= 0.3 is 5.97 Å². The molecule has 0 aliphatic carbocycles. The Morgan fingerprint density at radius 3 is 2.45 bits per heavy atom. The normalized spacial score (nSPS) is 18.4. The van der Waals surface area contributed by atoms with Gasteiger partial charge in [0.15, 0.2) is 0 Å². The zero-order valence-corrected chi connectivity index (χ0v) is 20.1. The summed E-state index contributed by atoms with van der Waals surface area (Å²) in [6.07, 6.45) is 5.84. The van der Waals surface area contributed by atoms with Crippen molar-refractivity contribution >= 4 is 51.9 Å². The number of nitrogens with zero attached hydrogens (tertiary/aromatic N) is 2. The number of carboxylic acid groups (broad SMARTS) is 1. The maximum atomic E-state index is 12.7. The molecule has 0 spiro atoms. The number of thioether (sulfide) groups is 1. The fourth-order valence-electron chi connectivity index (χ4n) is 4.36. The van der Waals surface area contributed by atoms with E-state index in [0.717, 1.165) is 31.0 Å². The van der Waals surface area contributed by atoms with E-state index in [-0.39, 0.29) is 12.3 Å². The fourth-order valence-corrected chi connectivity index (χ4v) is 5.67. The lowest BCUT2D eigenvalue weighted by atomic mass is 9.90. The number of aliphatic carboxylic acids is 1. The van der Waals surface area contributed by atoms with Crippen LogP contribution in [0.4, 0.5) is 5.69 Å².